The van der Waals surface area contributed by atoms with Gasteiger partial charge in [0.15, 0.2) is 5.82 Å². The zero-order valence-electron chi connectivity index (χ0n) is 12.2. The minimum atomic E-state index is 0.606. The number of fused-ring (bicyclic) bond motifs is 1. The molecule has 2 aromatic rings. The van der Waals surface area contributed by atoms with Gasteiger partial charge in [-0.25, -0.2) is 9.97 Å². The van der Waals surface area contributed by atoms with Gasteiger partial charge in [-0.05, 0) is 38.3 Å². The predicted octanol–water partition coefficient (Wildman–Crippen LogP) is 3.73. The van der Waals surface area contributed by atoms with Crippen molar-refractivity contribution in [1.29, 1.82) is 0 Å². The Morgan fingerprint density at radius 2 is 2.14 bits per heavy atom. The number of methoxy groups -OCH3 is 1. The van der Waals surface area contributed by atoms with Crippen LogP contribution in [-0.2, 0) is 12.8 Å². The Balaban J connectivity index is 2.18. The van der Waals surface area contributed by atoms with Crippen LogP contribution in [0.1, 0.15) is 24.6 Å². The molecule has 0 radical (unpaired) electrons. The summed E-state index contributed by atoms with van der Waals surface area (Å²) in [5.74, 6) is 2.26. The minimum Gasteiger partial charge on any atom is -0.496 e. The van der Waals surface area contributed by atoms with Crippen molar-refractivity contribution in [2.45, 2.75) is 26.2 Å². The van der Waals surface area contributed by atoms with Crippen molar-refractivity contribution in [2.75, 3.05) is 19.0 Å². The highest BCUT2D eigenvalue weighted by molar-refractivity contribution is 6.33. The summed E-state index contributed by atoms with van der Waals surface area (Å²) in [6.45, 7) is 2.90. The van der Waals surface area contributed by atoms with Gasteiger partial charge >= 0.3 is 0 Å². The van der Waals surface area contributed by atoms with Crippen LogP contribution in [0.3, 0.4) is 0 Å². The predicted molar refractivity (Wildman–Crippen MR) is 85.2 cm³/mol. The van der Waals surface area contributed by atoms with Crippen molar-refractivity contribution in [3.8, 4) is 17.1 Å². The fourth-order valence-electron chi connectivity index (χ4n) is 2.75. The van der Waals surface area contributed by atoms with E-state index in [4.69, 9.17) is 21.3 Å². The number of nitrogens with one attached hydrogen (secondary N) is 1. The van der Waals surface area contributed by atoms with Crippen LogP contribution < -0.4 is 10.1 Å². The average Bonchev–Trinajstić information content (AvgIpc) is 2.95. The van der Waals surface area contributed by atoms with Crippen molar-refractivity contribution < 1.29 is 4.74 Å². The van der Waals surface area contributed by atoms with Crippen molar-refractivity contribution in [2.24, 2.45) is 0 Å². The second-order valence-electron chi connectivity index (χ2n) is 5.02. The monoisotopic (exact) mass is 303 g/mol. The van der Waals surface area contributed by atoms with Crippen molar-refractivity contribution >= 4 is 17.4 Å². The quantitative estimate of drug-likeness (QED) is 0.935. The number of ether oxygens (including phenoxy) is 1. The molecule has 0 spiro atoms. The summed E-state index contributed by atoms with van der Waals surface area (Å²) in [5.41, 5.74) is 3.13. The molecule has 0 atom stereocenters. The van der Waals surface area contributed by atoms with Gasteiger partial charge in [-0.15, -0.1) is 0 Å². The molecule has 5 heteroatoms. The van der Waals surface area contributed by atoms with Gasteiger partial charge in [0.25, 0.3) is 0 Å². The first-order valence-corrected chi connectivity index (χ1v) is 7.59. The van der Waals surface area contributed by atoms with Gasteiger partial charge in [0.1, 0.15) is 11.6 Å². The van der Waals surface area contributed by atoms with Crippen LogP contribution in [-0.4, -0.2) is 23.6 Å². The first-order chi connectivity index (χ1) is 10.2. The van der Waals surface area contributed by atoms with Gasteiger partial charge in [0.2, 0.25) is 0 Å². The molecule has 0 saturated carbocycles. The lowest BCUT2D eigenvalue weighted by molar-refractivity contribution is 0.416. The van der Waals surface area contributed by atoms with E-state index < -0.39 is 0 Å². The van der Waals surface area contributed by atoms with Crippen LogP contribution in [0.25, 0.3) is 11.4 Å². The summed E-state index contributed by atoms with van der Waals surface area (Å²) in [4.78, 5) is 9.41. The molecule has 0 fully saturated rings. The summed E-state index contributed by atoms with van der Waals surface area (Å²) in [7, 11) is 1.63. The molecule has 1 aromatic heterocycles. The lowest BCUT2D eigenvalue weighted by Gasteiger charge is -2.13. The highest BCUT2D eigenvalue weighted by Gasteiger charge is 2.22. The first kappa shape index (κ1) is 14.1. The molecule has 0 saturated heterocycles. The lowest BCUT2D eigenvalue weighted by Crippen LogP contribution is -2.07. The Bertz CT molecular complexity index is 673. The summed E-state index contributed by atoms with van der Waals surface area (Å²) < 4.78 is 5.41. The number of aryl methyl sites for hydroxylation is 1. The summed E-state index contributed by atoms with van der Waals surface area (Å²) >= 11 is 6.34. The van der Waals surface area contributed by atoms with E-state index in [2.05, 4.69) is 17.2 Å². The smallest absolute Gasteiger partial charge is 0.167 e. The molecule has 0 unspecified atom stereocenters. The molecule has 0 aliphatic heterocycles. The molecule has 1 N–H and O–H groups in total. The number of halogens is 1. The van der Waals surface area contributed by atoms with E-state index in [-0.39, 0.29) is 0 Å². The van der Waals surface area contributed by atoms with Crippen LogP contribution >= 0.6 is 11.6 Å². The molecular formula is C16H18ClN3O. The van der Waals surface area contributed by atoms with Crippen LogP contribution in [0.2, 0.25) is 5.02 Å². The summed E-state index contributed by atoms with van der Waals surface area (Å²) in [5, 5.41) is 3.95. The number of aromatic nitrogens is 2. The van der Waals surface area contributed by atoms with E-state index in [1.165, 1.54) is 5.56 Å². The van der Waals surface area contributed by atoms with E-state index in [0.29, 0.717) is 16.6 Å². The van der Waals surface area contributed by atoms with Gasteiger partial charge in [-0.1, -0.05) is 17.7 Å². The number of rotatable bonds is 4. The molecule has 1 aliphatic rings. The fraction of sp³-hybridized carbons (Fsp3) is 0.375. The fourth-order valence-corrected chi connectivity index (χ4v) is 3.00. The Kier molecular flexibility index (Phi) is 3.97. The Morgan fingerprint density at radius 3 is 2.90 bits per heavy atom. The first-order valence-electron chi connectivity index (χ1n) is 7.21. The maximum absolute atomic E-state index is 6.34. The maximum Gasteiger partial charge on any atom is 0.167 e. The molecular weight excluding hydrogens is 286 g/mol. The third-order valence-corrected chi connectivity index (χ3v) is 4.01. The van der Waals surface area contributed by atoms with E-state index in [1.54, 1.807) is 7.11 Å². The number of nitrogens with zero attached hydrogens (tertiary/aromatic N) is 2. The zero-order chi connectivity index (χ0) is 14.8. The van der Waals surface area contributed by atoms with Gasteiger partial charge in [-0.2, -0.15) is 0 Å². The summed E-state index contributed by atoms with van der Waals surface area (Å²) in [6.07, 6.45) is 3.17. The van der Waals surface area contributed by atoms with Gasteiger partial charge in [0.05, 0.1) is 17.7 Å². The third kappa shape index (κ3) is 2.56. The number of anilines is 1. The molecule has 110 valence electrons. The summed E-state index contributed by atoms with van der Waals surface area (Å²) in [6, 6.07) is 5.58. The second-order valence-corrected chi connectivity index (χ2v) is 5.43. The largest absolute Gasteiger partial charge is 0.496 e. The highest BCUT2D eigenvalue weighted by Crippen LogP contribution is 2.37. The molecule has 4 nitrogen and oxygen atoms in total. The van der Waals surface area contributed by atoms with Crippen molar-refractivity contribution in [3.05, 3.63) is 34.5 Å². The van der Waals surface area contributed by atoms with E-state index in [1.807, 2.05) is 18.2 Å². The van der Waals surface area contributed by atoms with E-state index in [9.17, 15) is 0 Å². The Morgan fingerprint density at radius 1 is 1.29 bits per heavy atom. The van der Waals surface area contributed by atoms with Gasteiger partial charge in [-0.3, -0.25) is 0 Å². The topological polar surface area (TPSA) is 47.0 Å². The standard InChI is InChI=1S/C16H18ClN3O/c1-3-18-15-10-6-4-8-12(10)19-16(20-15)14-11(17)7-5-9-13(14)21-2/h5,7,9H,3-4,6,8H2,1-2H3,(H,18,19,20). The van der Waals surface area contributed by atoms with E-state index in [0.717, 1.165) is 42.9 Å². The Hall–Kier alpha value is -1.81. The molecule has 1 aromatic carbocycles. The van der Waals surface area contributed by atoms with Crippen LogP contribution in [0.5, 0.6) is 5.75 Å². The highest BCUT2D eigenvalue weighted by atomic mass is 35.5. The molecule has 3 rings (SSSR count). The minimum absolute atomic E-state index is 0.606. The Labute approximate surface area is 129 Å². The molecule has 1 heterocycles. The number of benzene rings is 1. The van der Waals surface area contributed by atoms with Crippen LogP contribution in [0, 0.1) is 0 Å². The molecule has 0 bridgehead atoms. The molecule has 1 aliphatic carbocycles. The number of hydrogen-bond donors (Lipinski definition) is 1. The third-order valence-electron chi connectivity index (χ3n) is 3.70. The van der Waals surface area contributed by atoms with Crippen LogP contribution in [0.4, 0.5) is 5.82 Å². The number of hydrogen-bond acceptors (Lipinski definition) is 4. The SMILES string of the molecule is CCNc1nc(-c2c(Cl)cccc2OC)nc2c1CCC2. The van der Waals surface area contributed by atoms with Gasteiger partial charge < -0.3 is 10.1 Å². The zero-order valence-corrected chi connectivity index (χ0v) is 13.0. The van der Waals surface area contributed by atoms with E-state index >= 15 is 0 Å². The molecule has 0 amide bonds. The second kappa shape index (κ2) is 5.90. The average molecular weight is 304 g/mol. The normalized spacial score (nSPS) is 13.1. The van der Waals surface area contributed by atoms with Gasteiger partial charge in [0, 0.05) is 17.8 Å². The molecule has 21 heavy (non-hydrogen) atoms. The maximum atomic E-state index is 6.34. The lowest BCUT2D eigenvalue weighted by atomic mass is 10.1. The van der Waals surface area contributed by atoms with Crippen molar-refractivity contribution in [1.82, 2.24) is 9.97 Å². The van der Waals surface area contributed by atoms with Crippen molar-refractivity contribution in [3.63, 3.8) is 0 Å². The van der Waals surface area contributed by atoms with Crippen LogP contribution in [0.15, 0.2) is 18.2 Å².